The lowest BCUT2D eigenvalue weighted by Crippen LogP contribution is -2.71. The van der Waals surface area contributed by atoms with Crippen molar-refractivity contribution in [2.45, 2.75) is 63.1 Å². The highest BCUT2D eigenvalue weighted by atomic mass is 32.2. The fourth-order valence-corrected chi connectivity index (χ4v) is 9.47. The topological polar surface area (TPSA) is 302 Å². The molecule has 3 aliphatic rings. The molecule has 3 unspecified atom stereocenters. The summed E-state index contributed by atoms with van der Waals surface area (Å²) < 4.78 is 7.27. The van der Waals surface area contributed by atoms with E-state index in [9.17, 15) is 48.9 Å². The van der Waals surface area contributed by atoms with E-state index in [2.05, 4.69) is 20.8 Å². The summed E-state index contributed by atoms with van der Waals surface area (Å²) in [6, 6.07) is 1.25. The van der Waals surface area contributed by atoms with Gasteiger partial charge in [0.1, 0.15) is 34.9 Å². The van der Waals surface area contributed by atoms with E-state index in [1.54, 1.807) is 4.57 Å². The van der Waals surface area contributed by atoms with Gasteiger partial charge in [-0.15, -0.1) is 23.1 Å². The number of fused-ring (bicyclic) bond motifs is 2. The van der Waals surface area contributed by atoms with E-state index < -0.39 is 87.7 Å². The van der Waals surface area contributed by atoms with E-state index >= 15 is 0 Å². The van der Waals surface area contributed by atoms with Crippen molar-refractivity contribution in [1.29, 1.82) is 0 Å². The van der Waals surface area contributed by atoms with Gasteiger partial charge in [0.2, 0.25) is 11.5 Å². The quantitative estimate of drug-likeness (QED) is 0.0276. The van der Waals surface area contributed by atoms with Crippen LogP contribution in [-0.2, 0) is 39.1 Å². The van der Waals surface area contributed by atoms with Crippen LogP contribution in [0, 0.1) is 0 Å². The number of phenols is 2. The number of aliphatic carboxylic acids is 2. The first-order valence-corrected chi connectivity index (χ1v) is 20.9. The number of benzene rings is 1. The Morgan fingerprint density at radius 2 is 1.79 bits per heavy atom. The molecule has 0 aliphatic carbocycles. The van der Waals surface area contributed by atoms with Crippen LogP contribution in [-0.4, -0.2) is 144 Å². The number of rotatable bonds is 15. The number of carbonyl (C=O) groups is 6. The normalized spacial score (nSPS) is 19.2. The monoisotopic (exact) mass is 885 g/mol. The molecule has 3 aromatic rings. The number of nitrogens with two attached hydrogens (primary N) is 1. The number of carbonyl (C=O) groups excluding carboxylic acids is 4. The maximum Gasteiger partial charge on any atom is 0.355 e. The first-order chi connectivity index (χ1) is 28.7. The van der Waals surface area contributed by atoms with E-state index in [1.807, 2.05) is 20.8 Å². The fourth-order valence-electron chi connectivity index (χ4n) is 7.58. The highest BCUT2D eigenvalue weighted by Gasteiger charge is 2.55. The van der Waals surface area contributed by atoms with Crippen LogP contribution in [0.3, 0.4) is 0 Å². The molecule has 8 N–H and O–H groups in total. The standard InChI is InChI=1S/C38H44N8O13S2/c1-38(2,3)44-14-20(30(51)19-11-23(47)24(48)12-22(19)44)31(52)40-7-10-46(8-5-6-9-46)15-18-16-60-34-28(33(54)45(34)29(18)36(57)58-4)42-32(53)27(21-17-61-37(39)41-21)43-59-25(35(55)56)13-26(49)50/h11-12,14,17,25,28,34H,5-10,13,15-16H2,1-4H3,(H7-,39,40,41,42,43,47,48,49,50,51,52,53,55,56)/p+1. The Labute approximate surface area is 355 Å². The van der Waals surface area contributed by atoms with Crippen molar-refractivity contribution in [2.24, 2.45) is 5.16 Å². The summed E-state index contributed by atoms with van der Waals surface area (Å²) in [5.41, 5.74) is 4.69. The zero-order chi connectivity index (χ0) is 44.6. The van der Waals surface area contributed by atoms with Gasteiger partial charge >= 0.3 is 17.9 Å². The number of nitrogens with one attached hydrogen (secondary N) is 2. The van der Waals surface area contributed by atoms with Crippen molar-refractivity contribution in [3.05, 3.63) is 56.5 Å². The van der Waals surface area contributed by atoms with Gasteiger partial charge in [0.15, 0.2) is 22.3 Å². The number of quaternary nitrogens is 1. The van der Waals surface area contributed by atoms with Crippen molar-refractivity contribution >= 4 is 80.5 Å². The summed E-state index contributed by atoms with van der Waals surface area (Å²) in [6.45, 7) is 7.90. The van der Waals surface area contributed by atoms with Crippen LogP contribution in [0.4, 0.5) is 5.13 Å². The largest absolute Gasteiger partial charge is 0.504 e. The van der Waals surface area contributed by atoms with E-state index in [4.69, 9.17) is 20.4 Å². The molecule has 2 aromatic heterocycles. The minimum Gasteiger partial charge on any atom is -0.504 e. The molecule has 2 saturated heterocycles. The molecule has 3 aliphatic heterocycles. The number of thiazole rings is 1. The molecule has 5 heterocycles. The third-order valence-electron chi connectivity index (χ3n) is 10.6. The van der Waals surface area contributed by atoms with Gasteiger partial charge in [-0.1, -0.05) is 5.16 Å². The van der Waals surface area contributed by atoms with E-state index in [0.717, 1.165) is 30.2 Å². The number of methoxy groups -OCH3 is 1. The molecule has 21 nitrogen and oxygen atoms in total. The Bertz CT molecular complexity index is 2430. The zero-order valence-corrected chi connectivity index (χ0v) is 35.1. The molecule has 6 rings (SSSR count). The lowest BCUT2D eigenvalue weighted by molar-refractivity contribution is -0.911. The molecule has 3 amide bonds. The Morgan fingerprint density at radius 1 is 1.10 bits per heavy atom. The van der Waals surface area contributed by atoms with Gasteiger partial charge in [0, 0.05) is 47.3 Å². The smallest absolute Gasteiger partial charge is 0.355 e. The number of hydrogen-bond donors (Lipinski definition) is 7. The van der Waals surface area contributed by atoms with Gasteiger partial charge in [0.05, 0.1) is 50.6 Å². The van der Waals surface area contributed by atoms with Crippen LogP contribution in [0.1, 0.15) is 56.1 Å². The maximum atomic E-state index is 13.8. The Morgan fingerprint density at radius 3 is 2.39 bits per heavy atom. The Kier molecular flexibility index (Phi) is 12.7. The van der Waals surface area contributed by atoms with Crippen molar-refractivity contribution in [1.82, 2.24) is 25.1 Å². The number of ether oxygens (including phenoxy) is 1. The van der Waals surface area contributed by atoms with Crippen molar-refractivity contribution in [3.63, 3.8) is 0 Å². The number of hydrogen-bond acceptors (Lipinski definition) is 16. The lowest BCUT2D eigenvalue weighted by Gasteiger charge is -2.50. The number of pyridine rings is 1. The highest BCUT2D eigenvalue weighted by Crippen LogP contribution is 2.42. The fraction of sp³-hybridized carbons (Fsp3) is 0.447. The summed E-state index contributed by atoms with van der Waals surface area (Å²) in [5.74, 6) is -6.80. The summed E-state index contributed by atoms with van der Waals surface area (Å²) in [4.78, 5) is 101. The molecule has 0 bridgehead atoms. The molecular formula is C38H45N8O13S2+. The molecule has 2 fully saturated rings. The number of carboxylic acids is 2. The van der Waals surface area contributed by atoms with Crippen molar-refractivity contribution < 1.29 is 63.3 Å². The second-order valence-corrected chi connectivity index (χ2v) is 17.7. The molecule has 1 aromatic carbocycles. The van der Waals surface area contributed by atoms with Gasteiger partial charge in [-0.25, -0.2) is 14.6 Å². The zero-order valence-electron chi connectivity index (χ0n) is 33.5. The number of β-lactam (4-membered cyclic amide) rings is 1. The van der Waals surface area contributed by atoms with Crippen LogP contribution in [0.5, 0.6) is 11.5 Å². The minimum absolute atomic E-state index is 0.0329. The van der Waals surface area contributed by atoms with Crippen LogP contribution in [0.2, 0.25) is 0 Å². The third kappa shape index (κ3) is 9.12. The number of likely N-dealkylation sites (tertiary alicyclic amines) is 1. The summed E-state index contributed by atoms with van der Waals surface area (Å²) in [7, 11) is 1.19. The van der Waals surface area contributed by atoms with Crippen molar-refractivity contribution in [3.8, 4) is 11.5 Å². The van der Waals surface area contributed by atoms with E-state index in [-0.39, 0.29) is 39.8 Å². The second kappa shape index (κ2) is 17.4. The highest BCUT2D eigenvalue weighted by molar-refractivity contribution is 8.00. The van der Waals surface area contributed by atoms with Gasteiger partial charge < -0.3 is 55.4 Å². The first-order valence-electron chi connectivity index (χ1n) is 19.0. The molecule has 23 heteroatoms. The average molecular weight is 886 g/mol. The number of nitrogen functional groups attached to an aromatic ring is 1. The summed E-state index contributed by atoms with van der Waals surface area (Å²) >= 11 is 2.23. The third-order valence-corrected chi connectivity index (χ3v) is 12.6. The number of aromatic hydroxyl groups is 2. The number of phenolic OH excluding ortho intramolecular Hbond substituents is 2. The predicted molar refractivity (Wildman–Crippen MR) is 220 cm³/mol. The van der Waals surface area contributed by atoms with Crippen molar-refractivity contribution in [2.75, 3.05) is 51.3 Å². The predicted octanol–water partition coefficient (Wildman–Crippen LogP) is 0.723. The number of esters is 1. The average Bonchev–Trinajstić information content (AvgIpc) is 3.85. The number of carboxylic acid groups (broad SMARTS) is 2. The Balaban J connectivity index is 1.19. The number of amides is 3. The molecular weight excluding hydrogens is 841 g/mol. The first kappa shape index (κ1) is 44.4. The van der Waals surface area contributed by atoms with E-state index in [1.165, 1.54) is 41.4 Å². The van der Waals surface area contributed by atoms with Crippen LogP contribution in [0.25, 0.3) is 10.9 Å². The summed E-state index contributed by atoms with van der Waals surface area (Å²) in [5, 5.41) is 48.5. The number of aromatic nitrogens is 2. The number of nitrogens with zero attached hydrogens (tertiary/aromatic N) is 5. The Hall–Kier alpha value is -6.20. The van der Waals surface area contributed by atoms with E-state index in [0.29, 0.717) is 41.8 Å². The second-order valence-electron chi connectivity index (χ2n) is 15.8. The maximum absolute atomic E-state index is 13.8. The van der Waals surface area contributed by atoms with Gasteiger partial charge in [-0.05, 0) is 26.8 Å². The SMILES string of the molecule is COC(=O)C1=C(C[N+]2(CCNC(=O)c3cn(C(C)(C)C)c4cc(O)c(O)cc4c3=O)CCCC2)CSC2C(NC(=O)C(=NOC(CC(=O)O)C(=O)O)c3csc(N)n3)C(=O)N12. The minimum atomic E-state index is -1.95. The van der Waals surface area contributed by atoms with Crippen LogP contribution >= 0.6 is 23.1 Å². The molecule has 0 radical (unpaired) electrons. The number of oxime groups is 1. The van der Waals surface area contributed by atoms with Gasteiger partial charge in [0.25, 0.3) is 17.7 Å². The van der Waals surface area contributed by atoms with Crippen LogP contribution in [0.15, 0.2) is 44.9 Å². The molecule has 0 spiro atoms. The summed E-state index contributed by atoms with van der Waals surface area (Å²) in [6.07, 6.45) is 0.250. The molecule has 326 valence electrons. The molecule has 3 atom stereocenters. The van der Waals surface area contributed by atoms with Crippen LogP contribution < -0.4 is 21.8 Å². The molecule has 61 heavy (non-hydrogen) atoms. The van der Waals surface area contributed by atoms with Gasteiger partial charge in [-0.3, -0.25) is 28.9 Å². The number of anilines is 1. The molecule has 0 saturated carbocycles. The number of thioether (sulfide) groups is 1. The van der Waals surface area contributed by atoms with Gasteiger partial charge in [-0.2, -0.15) is 0 Å². The lowest BCUT2D eigenvalue weighted by atomic mass is 10.0.